The zero-order valence-electron chi connectivity index (χ0n) is 9.03. The Balaban J connectivity index is 2.15. The summed E-state index contributed by atoms with van der Waals surface area (Å²) in [5.74, 6) is 0.675. The van der Waals surface area contributed by atoms with Gasteiger partial charge in [0.1, 0.15) is 5.75 Å². The van der Waals surface area contributed by atoms with Gasteiger partial charge in [0, 0.05) is 29.3 Å². The molecule has 1 fully saturated rings. The summed E-state index contributed by atoms with van der Waals surface area (Å²) in [6.45, 7) is 1.55. The molecule has 1 saturated heterocycles. The number of phenols is 1. The van der Waals surface area contributed by atoms with Gasteiger partial charge in [-0.05, 0) is 30.9 Å². The van der Waals surface area contributed by atoms with Gasteiger partial charge in [0.25, 0.3) is 0 Å². The molecular weight excluding hydrogens is 270 g/mol. The SMILES string of the molecule is N[C@H](c1ccc(Br)cc1O)C1CCOCC1. The Labute approximate surface area is 104 Å². The Bertz CT molecular complexity index is 364. The Morgan fingerprint density at radius 2 is 2.06 bits per heavy atom. The van der Waals surface area contributed by atoms with E-state index in [0.717, 1.165) is 36.1 Å². The van der Waals surface area contributed by atoms with Gasteiger partial charge in [-0.25, -0.2) is 0 Å². The fourth-order valence-corrected chi connectivity index (χ4v) is 2.48. The van der Waals surface area contributed by atoms with E-state index in [2.05, 4.69) is 15.9 Å². The van der Waals surface area contributed by atoms with Crippen LogP contribution in [0.1, 0.15) is 24.4 Å². The third-order valence-corrected chi connectivity index (χ3v) is 3.62. The van der Waals surface area contributed by atoms with E-state index in [0.29, 0.717) is 5.92 Å². The lowest BCUT2D eigenvalue weighted by atomic mass is 9.87. The molecule has 3 nitrogen and oxygen atoms in total. The van der Waals surface area contributed by atoms with E-state index in [1.807, 2.05) is 12.1 Å². The van der Waals surface area contributed by atoms with Crippen LogP contribution in [0.4, 0.5) is 0 Å². The first-order valence-corrected chi connectivity index (χ1v) is 6.29. The van der Waals surface area contributed by atoms with Crippen LogP contribution < -0.4 is 5.73 Å². The summed E-state index contributed by atoms with van der Waals surface area (Å²) in [6, 6.07) is 5.39. The molecule has 0 radical (unpaired) electrons. The maximum absolute atomic E-state index is 9.85. The Hall–Kier alpha value is -0.580. The standard InChI is InChI=1S/C12H16BrNO2/c13-9-1-2-10(11(15)7-9)12(14)8-3-5-16-6-4-8/h1-2,7-8,12,15H,3-6,14H2/t12-/m0/s1. The van der Waals surface area contributed by atoms with E-state index in [-0.39, 0.29) is 11.8 Å². The third-order valence-electron chi connectivity index (χ3n) is 3.13. The topological polar surface area (TPSA) is 55.5 Å². The van der Waals surface area contributed by atoms with Crippen molar-refractivity contribution in [3.05, 3.63) is 28.2 Å². The highest BCUT2D eigenvalue weighted by Crippen LogP contribution is 2.34. The number of halogens is 1. The molecule has 0 bridgehead atoms. The molecule has 1 aliphatic rings. The molecule has 3 N–H and O–H groups in total. The minimum absolute atomic E-state index is 0.100. The summed E-state index contributed by atoms with van der Waals surface area (Å²) in [7, 11) is 0. The van der Waals surface area contributed by atoms with Crippen LogP contribution in [0.3, 0.4) is 0 Å². The smallest absolute Gasteiger partial charge is 0.121 e. The molecule has 16 heavy (non-hydrogen) atoms. The number of rotatable bonds is 2. The number of aromatic hydroxyl groups is 1. The summed E-state index contributed by atoms with van der Waals surface area (Å²) in [5, 5.41) is 9.85. The molecule has 88 valence electrons. The molecular formula is C12H16BrNO2. The van der Waals surface area contributed by atoms with E-state index < -0.39 is 0 Å². The van der Waals surface area contributed by atoms with Crippen molar-refractivity contribution in [1.82, 2.24) is 0 Å². The van der Waals surface area contributed by atoms with Crippen LogP contribution in [-0.2, 0) is 4.74 Å². The van der Waals surface area contributed by atoms with Crippen LogP contribution >= 0.6 is 15.9 Å². The fourth-order valence-electron chi connectivity index (χ4n) is 2.13. The second-order valence-corrected chi connectivity index (χ2v) is 5.09. The van der Waals surface area contributed by atoms with Crippen LogP contribution in [0.5, 0.6) is 5.75 Å². The van der Waals surface area contributed by atoms with Crippen molar-refractivity contribution < 1.29 is 9.84 Å². The number of nitrogens with two attached hydrogens (primary N) is 1. The van der Waals surface area contributed by atoms with Gasteiger partial charge < -0.3 is 15.6 Å². The van der Waals surface area contributed by atoms with E-state index in [1.165, 1.54) is 0 Å². The van der Waals surface area contributed by atoms with E-state index in [9.17, 15) is 5.11 Å². The minimum atomic E-state index is -0.100. The fraction of sp³-hybridized carbons (Fsp3) is 0.500. The predicted molar refractivity (Wildman–Crippen MR) is 66.3 cm³/mol. The molecule has 0 amide bonds. The molecule has 0 aromatic heterocycles. The first-order valence-electron chi connectivity index (χ1n) is 5.50. The van der Waals surface area contributed by atoms with Crippen molar-refractivity contribution in [3.63, 3.8) is 0 Å². The van der Waals surface area contributed by atoms with Gasteiger partial charge in [-0.3, -0.25) is 0 Å². The Morgan fingerprint density at radius 1 is 1.38 bits per heavy atom. The first-order chi connectivity index (χ1) is 7.68. The van der Waals surface area contributed by atoms with Crippen molar-refractivity contribution in [1.29, 1.82) is 0 Å². The largest absolute Gasteiger partial charge is 0.508 e. The molecule has 1 aliphatic heterocycles. The van der Waals surface area contributed by atoms with Crippen LogP contribution in [0.2, 0.25) is 0 Å². The molecule has 1 heterocycles. The van der Waals surface area contributed by atoms with E-state index in [1.54, 1.807) is 6.07 Å². The molecule has 1 atom stereocenters. The molecule has 1 aromatic rings. The third kappa shape index (κ3) is 2.56. The van der Waals surface area contributed by atoms with Crippen molar-refractivity contribution >= 4 is 15.9 Å². The van der Waals surface area contributed by atoms with E-state index >= 15 is 0 Å². The maximum Gasteiger partial charge on any atom is 0.121 e. The molecule has 0 aliphatic carbocycles. The lowest BCUT2D eigenvalue weighted by Crippen LogP contribution is -2.27. The second-order valence-electron chi connectivity index (χ2n) is 4.18. The maximum atomic E-state index is 9.85. The number of hydrogen-bond acceptors (Lipinski definition) is 3. The number of benzene rings is 1. The summed E-state index contributed by atoms with van der Waals surface area (Å²) in [5.41, 5.74) is 7.02. The highest BCUT2D eigenvalue weighted by Gasteiger charge is 2.24. The summed E-state index contributed by atoms with van der Waals surface area (Å²) in [6.07, 6.45) is 1.94. The number of phenolic OH excluding ortho intramolecular Hbond substituents is 1. The lowest BCUT2D eigenvalue weighted by molar-refractivity contribution is 0.0581. The highest BCUT2D eigenvalue weighted by atomic mass is 79.9. The molecule has 4 heteroatoms. The van der Waals surface area contributed by atoms with Gasteiger partial charge in [-0.1, -0.05) is 22.0 Å². The second kappa shape index (κ2) is 5.17. The van der Waals surface area contributed by atoms with Gasteiger partial charge in [-0.2, -0.15) is 0 Å². The van der Waals surface area contributed by atoms with Crippen molar-refractivity contribution in [2.45, 2.75) is 18.9 Å². The van der Waals surface area contributed by atoms with Crippen LogP contribution in [0.15, 0.2) is 22.7 Å². The molecule has 0 saturated carbocycles. The monoisotopic (exact) mass is 285 g/mol. The number of hydrogen-bond donors (Lipinski definition) is 2. The summed E-state index contributed by atoms with van der Waals surface area (Å²) < 4.78 is 6.18. The average molecular weight is 286 g/mol. The minimum Gasteiger partial charge on any atom is -0.508 e. The molecule has 0 unspecified atom stereocenters. The van der Waals surface area contributed by atoms with Crippen molar-refractivity contribution in [2.24, 2.45) is 11.7 Å². The lowest BCUT2D eigenvalue weighted by Gasteiger charge is -2.28. The highest BCUT2D eigenvalue weighted by molar-refractivity contribution is 9.10. The Morgan fingerprint density at radius 3 is 2.69 bits per heavy atom. The Kier molecular flexibility index (Phi) is 3.84. The van der Waals surface area contributed by atoms with Gasteiger partial charge >= 0.3 is 0 Å². The average Bonchev–Trinajstić information content (AvgIpc) is 2.29. The van der Waals surface area contributed by atoms with Crippen molar-refractivity contribution in [3.8, 4) is 5.75 Å². The molecule has 2 rings (SSSR count). The van der Waals surface area contributed by atoms with Gasteiger partial charge in [-0.15, -0.1) is 0 Å². The van der Waals surface area contributed by atoms with Gasteiger partial charge in [0.15, 0.2) is 0 Å². The van der Waals surface area contributed by atoms with Gasteiger partial charge in [0.2, 0.25) is 0 Å². The van der Waals surface area contributed by atoms with Crippen molar-refractivity contribution in [2.75, 3.05) is 13.2 Å². The predicted octanol–water partition coefficient (Wildman–Crippen LogP) is 2.58. The molecule has 0 spiro atoms. The van der Waals surface area contributed by atoms with Gasteiger partial charge in [0.05, 0.1) is 0 Å². The van der Waals surface area contributed by atoms with Crippen LogP contribution in [0.25, 0.3) is 0 Å². The quantitative estimate of drug-likeness (QED) is 0.878. The molecule has 1 aromatic carbocycles. The number of ether oxygens (including phenoxy) is 1. The summed E-state index contributed by atoms with van der Waals surface area (Å²) in [4.78, 5) is 0. The first kappa shape index (κ1) is 11.9. The summed E-state index contributed by atoms with van der Waals surface area (Å²) >= 11 is 3.32. The van der Waals surface area contributed by atoms with E-state index in [4.69, 9.17) is 10.5 Å². The van der Waals surface area contributed by atoms with Crippen LogP contribution in [0, 0.1) is 5.92 Å². The normalized spacial score (nSPS) is 19.6. The zero-order chi connectivity index (χ0) is 11.5. The zero-order valence-corrected chi connectivity index (χ0v) is 10.6. The van der Waals surface area contributed by atoms with Crippen LogP contribution in [-0.4, -0.2) is 18.3 Å².